The number of benzene rings is 2. The molecular weight excluding hydrogens is 360 g/mol. The van der Waals surface area contributed by atoms with Crippen molar-refractivity contribution in [3.05, 3.63) is 60.2 Å². The van der Waals surface area contributed by atoms with Gasteiger partial charge in [-0.05, 0) is 42.8 Å². The number of amides is 2. The van der Waals surface area contributed by atoms with Crippen LogP contribution in [0.25, 0.3) is 17.1 Å². The van der Waals surface area contributed by atoms with Crippen molar-refractivity contribution in [2.45, 2.75) is 13.5 Å². The Morgan fingerprint density at radius 1 is 1.21 bits per heavy atom. The standard InChI is InChI=1S/C20H20N4O4/c1-2-24-17-10-8-14(9-11-18(25)23-27)12-16(17)21-20(24)22-19(26)13-28-15-6-4-3-5-7-15/h3-12,27H,2,13H2,1H3,(H,23,25)(H,21,22,26)/b11-9+. The highest BCUT2D eigenvalue weighted by Gasteiger charge is 2.13. The van der Waals surface area contributed by atoms with Crippen molar-refractivity contribution in [2.24, 2.45) is 0 Å². The fraction of sp³-hybridized carbons (Fsp3) is 0.150. The van der Waals surface area contributed by atoms with Gasteiger partial charge in [0.15, 0.2) is 6.61 Å². The Hall–Kier alpha value is -3.65. The van der Waals surface area contributed by atoms with E-state index in [4.69, 9.17) is 9.94 Å². The van der Waals surface area contributed by atoms with E-state index in [9.17, 15) is 9.59 Å². The zero-order valence-corrected chi connectivity index (χ0v) is 15.3. The Bertz CT molecular complexity index is 1010. The number of nitrogens with one attached hydrogen (secondary N) is 2. The van der Waals surface area contributed by atoms with Gasteiger partial charge >= 0.3 is 0 Å². The van der Waals surface area contributed by atoms with Crippen LogP contribution in [0.2, 0.25) is 0 Å². The van der Waals surface area contributed by atoms with Crippen molar-refractivity contribution in [1.29, 1.82) is 0 Å². The molecular formula is C20H20N4O4. The van der Waals surface area contributed by atoms with Gasteiger partial charge in [0, 0.05) is 12.6 Å². The molecule has 0 saturated carbocycles. The number of aromatic nitrogens is 2. The van der Waals surface area contributed by atoms with Crippen LogP contribution in [0.3, 0.4) is 0 Å². The van der Waals surface area contributed by atoms with Crippen molar-refractivity contribution in [1.82, 2.24) is 15.0 Å². The first-order valence-corrected chi connectivity index (χ1v) is 8.71. The first-order chi connectivity index (χ1) is 13.6. The van der Waals surface area contributed by atoms with Gasteiger partial charge in [-0.25, -0.2) is 10.5 Å². The molecule has 0 spiro atoms. The third kappa shape index (κ3) is 4.54. The summed E-state index contributed by atoms with van der Waals surface area (Å²) in [6.07, 6.45) is 2.77. The lowest BCUT2D eigenvalue weighted by molar-refractivity contribution is -0.124. The summed E-state index contributed by atoms with van der Waals surface area (Å²) in [5.41, 5.74) is 3.80. The summed E-state index contributed by atoms with van der Waals surface area (Å²) >= 11 is 0. The molecule has 0 atom stereocenters. The van der Waals surface area contributed by atoms with Crippen LogP contribution < -0.4 is 15.5 Å². The number of para-hydroxylation sites is 1. The fourth-order valence-corrected chi connectivity index (χ4v) is 2.70. The van der Waals surface area contributed by atoms with E-state index in [-0.39, 0.29) is 12.5 Å². The van der Waals surface area contributed by atoms with Crippen LogP contribution in [0.4, 0.5) is 5.95 Å². The van der Waals surface area contributed by atoms with E-state index >= 15 is 0 Å². The molecule has 0 bridgehead atoms. The number of imidazole rings is 1. The minimum absolute atomic E-state index is 0.124. The van der Waals surface area contributed by atoms with Gasteiger partial charge in [-0.1, -0.05) is 24.3 Å². The molecule has 3 rings (SSSR count). The maximum atomic E-state index is 12.2. The molecule has 0 saturated heterocycles. The molecule has 28 heavy (non-hydrogen) atoms. The highest BCUT2D eigenvalue weighted by atomic mass is 16.5. The van der Waals surface area contributed by atoms with Crippen LogP contribution >= 0.6 is 0 Å². The molecule has 8 heteroatoms. The van der Waals surface area contributed by atoms with Crippen LogP contribution in [-0.4, -0.2) is 33.2 Å². The highest BCUT2D eigenvalue weighted by Crippen LogP contribution is 2.22. The number of hydrogen-bond donors (Lipinski definition) is 3. The summed E-state index contributed by atoms with van der Waals surface area (Å²) in [6, 6.07) is 14.6. The second kappa shape index (κ2) is 8.83. The monoisotopic (exact) mass is 380 g/mol. The second-order valence-corrected chi connectivity index (χ2v) is 5.89. The van der Waals surface area contributed by atoms with E-state index in [0.29, 0.717) is 23.8 Å². The lowest BCUT2D eigenvalue weighted by atomic mass is 10.2. The number of hydrogen-bond acceptors (Lipinski definition) is 5. The normalized spacial score (nSPS) is 10.9. The average Bonchev–Trinajstić information content (AvgIpc) is 3.07. The molecule has 0 aliphatic carbocycles. The molecule has 0 unspecified atom stereocenters. The smallest absolute Gasteiger partial charge is 0.267 e. The predicted octanol–water partition coefficient (Wildman–Crippen LogP) is 2.59. The van der Waals surface area contributed by atoms with Crippen LogP contribution in [0, 0.1) is 0 Å². The number of carbonyl (C=O) groups is 2. The number of aryl methyl sites for hydroxylation is 1. The van der Waals surface area contributed by atoms with Crippen LogP contribution in [0.15, 0.2) is 54.6 Å². The number of hydroxylamine groups is 1. The zero-order chi connectivity index (χ0) is 19.9. The quantitative estimate of drug-likeness (QED) is 0.332. The Kier molecular flexibility index (Phi) is 6.03. The topological polar surface area (TPSA) is 105 Å². The molecule has 0 radical (unpaired) electrons. The molecule has 1 aromatic heterocycles. The molecule has 0 fully saturated rings. The minimum Gasteiger partial charge on any atom is -0.484 e. The van der Waals surface area contributed by atoms with Crippen LogP contribution in [0.5, 0.6) is 5.75 Å². The molecule has 3 N–H and O–H groups in total. The number of carbonyl (C=O) groups excluding carboxylic acids is 2. The van der Waals surface area contributed by atoms with Crippen molar-refractivity contribution < 1.29 is 19.5 Å². The van der Waals surface area contributed by atoms with Crippen LogP contribution in [-0.2, 0) is 16.1 Å². The lowest BCUT2D eigenvalue weighted by Crippen LogP contribution is -2.22. The number of nitrogens with zero attached hydrogens (tertiary/aromatic N) is 2. The van der Waals surface area contributed by atoms with E-state index in [1.165, 1.54) is 11.6 Å². The average molecular weight is 380 g/mol. The molecule has 0 aliphatic rings. The summed E-state index contributed by atoms with van der Waals surface area (Å²) in [4.78, 5) is 27.8. The van der Waals surface area contributed by atoms with E-state index in [0.717, 1.165) is 11.1 Å². The Morgan fingerprint density at radius 2 is 2.00 bits per heavy atom. The zero-order valence-electron chi connectivity index (χ0n) is 15.3. The van der Waals surface area contributed by atoms with Gasteiger partial charge in [-0.3, -0.25) is 20.1 Å². The number of anilines is 1. The van der Waals surface area contributed by atoms with Gasteiger partial charge in [0.05, 0.1) is 11.0 Å². The second-order valence-electron chi connectivity index (χ2n) is 5.89. The molecule has 8 nitrogen and oxygen atoms in total. The lowest BCUT2D eigenvalue weighted by Gasteiger charge is -2.08. The molecule has 3 aromatic rings. The largest absolute Gasteiger partial charge is 0.484 e. The first kappa shape index (κ1) is 19.1. The van der Waals surface area contributed by atoms with E-state index < -0.39 is 5.91 Å². The third-order valence-electron chi connectivity index (χ3n) is 3.99. The summed E-state index contributed by atoms with van der Waals surface area (Å²) in [5.74, 6) is 0.109. The van der Waals surface area contributed by atoms with Gasteiger partial charge < -0.3 is 9.30 Å². The molecule has 0 aliphatic heterocycles. The van der Waals surface area contributed by atoms with Crippen LogP contribution in [0.1, 0.15) is 12.5 Å². The molecule has 1 heterocycles. The Labute approximate surface area is 161 Å². The molecule has 2 amide bonds. The van der Waals surface area contributed by atoms with Gasteiger partial charge in [-0.15, -0.1) is 0 Å². The van der Waals surface area contributed by atoms with Gasteiger partial charge in [-0.2, -0.15) is 0 Å². The minimum atomic E-state index is -0.620. The highest BCUT2D eigenvalue weighted by molar-refractivity contribution is 5.94. The number of ether oxygens (including phenoxy) is 1. The van der Waals surface area contributed by atoms with Gasteiger partial charge in [0.25, 0.3) is 11.8 Å². The van der Waals surface area contributed by atoms with Gasteiger partial charge in [0.2, 0.25) is 5.95 Å². The van der Waals surface area contributed by atoms with Crippen molar-refractivity contribution in [3.8, 4) is 5.75 Å². The number of rotatable bonds is 7. The summed E-state index contributed by atoms with van der Waals surface area (Å²) in [5, 5.41) is 11.3. The molecule has 144 valence electrons. The summed E-state index contributed by atoms with van der Waals surface area (Å²) in [7, 11) is 0. The van der Waals surface area contributed by atoms with Gasteiger partial charge in [0.1, 0.15) is 5.75 Å². The van der Waals surface area contributed by atoms with Crippen molar-refractivity contribution in [2.75, 3.05) is 11.9 Å². The maximum absolute atomic E-state index is 12.2. The number of fused-ring (bicyclic) bond motifs is 1. The summed E-state index contributed by atoms with van der Waals surface area (Å²) in [6.45, 7) is 2.45. The first-order valence-electron chi connectivity index (χ1n) is 8.71. The van der Waals surface area contributed by atoms with E-state index in [2.05, 4.69) is 10.3 Å². The maximum Gasteiger partial charge on any atom is 0.267 e. The van der Waals surface area contributed by atoms with Crippen molar-refractivity contribution >= 4 is 34.9 Å². The Balaban J connectivity index is 1.75. The fourth-order valence-electron chi connectivity index (χ4n) is 2.70. The third-order valence-corrected chi connectivity index (χ3v) is 3.99. The summed E-state index contributed by atoms with van der Waals surface area (Å²) < 4.78 is 7.33. The predicted molar refractivity (Wildman–Crippen MR) is 105 cm³/mol. The SMILES string of the molecule is CCn1c(NC(=O)COc2ccccc2)nc2cc(/C=C/C(=O)NO)ccc21. The van der Waals surface area contributed by atoms with Crippen molar-refractivity contribution in [3.63, 3.8) is 0 Å². The Morgan fingerprint density at radius 3 is 2.71 bits per heavy atom. The van der Waals surface area contributed by atoms with E-state index in [1.54, 1.807) is 24.3 Å². The molecule has 2 aromatic carbocycles. The van der Waals surface area contributed by atoms with E-state index in [1.807, 2.05) is 41.8 Å².